The number of methoxy groups -OCH3 is 2. The normalized spacial score (nSPS) is 10.3. The molecule has 0 aliphatic heterocycles. The van der Waals surface area contributed by atoms with Crippen LogP contribution >= 0.6 is 0 Å². The number of carbonyl (C=O) groups is 1. The van der Waals surface area contributed by atoms with Gasteiger partial charge in [-0.1, -0.05) is 42.2 Å². The molecule has 0 radical (unpaired) electrons. The Balaban J connectivity index is 1.70. The highest BCUT2D eigenvalue weighted by Crippen LogP contribution is 2.23. The van der Waals surface area contributed by atoms with E-state index in [0.717, 1.165) is 5.56 Å². The third-order valence-corrected chi connectivity index (χ3v) is 4.70. The highest BCUT2D eigenvalue weighted by atomic mass is 16.5. The molecule has 4 aromatic rings. The monoisotopic (exact) mass is 428 g/mol. The van der Waals surface area contributed by atoms with Gasteiger partial charge in [-0.15, -0.1) is 0 Å². The molecule has 0 spiro atoms. The Morgan fingerprint density at radius 1 is 1.03 bits per heavy atom. The van der Waals surface area contributed by atoms with Crippen molar-refractivity contribution >= 4 is 17.3 Å². The highest BCUT2D eigenvalue weighted by Gasteiger charge is 2.19. The van der Waals surface area contributed by atoms with Crippen LogP contribution in [0, 0.1) is 11.8 Å². The number of aromatic nitrogens is 3. The fraction of sp³-hybridized carbons (Fsp3) is 0.125. The second-order valence-corrected chi connectivity index (χ2v) is 6.76. The first kappa shape index (κ1) is 20.8. The number of nitrogens with two attached hydrogens (primary N) is 1. The topological polar surface area (TPSA) is 101 Å². The predicted octanol–water partition coefficient (Wildman–Crippen LogP) is 3.09. The van der Waals surface area contributed by atoms with Crippen molar-refractivity contribution < 1.29 is 19.0 Å². The predicted molar refractivity (Wildman–Crippen MR) is 118 cm³/mol. The summed E-state index contributed by atoms with van der Waals surface area (Å²) in [4.78, 5) is 16.8. The smallest absolute Gasteiger partial charge is 0.357 e. The molecular formula is C24H20N4O4. The first-order valence-electron chi connectivity index (χ1n) is 9.67. The molecule has 4 rings (SSSR count). The van der Waals surface area contributed by atoms with Crippen LogP contribution in [0.25, 0.3) is 5.52 Å². The molecular weight excluding hydrogens is 408 g/mol. The van der Waals surface area contributed by atoms with Crippen molar-refractivity contribution in [1.82, 2.24) is 14.6 Å². The van der Waals surface area contributed by atoms with Crippen molar-refractivity contribution in [1.29, 1.82) is 0 Å². The van der Waals surface area contributed by atoms with Crippen molar-refractivity contribution in [2.75, 3.05) is 20.0 Å². The van der Waals surface area contributed by atoms with Crippen molar-refractivity contribution in [3.05, 3.63) is 83.3 Å². The van der Waals surface area contributed by atoms with Crippen molar-refractivity contribution in [3.63, 3.8) is 0 Å². The van der Waals surface area contributed by atoms with Crippen LogP contribution in [0.4, 0.5) is 5.82 Å². The number of nitrogens with zero attached hydrogens (tertiary/aromatic N) is 3. The fourth-order valence-corrected chi connectivity index (χ4v) is 3.12. The van der Waals surface area contributed by atoms with Gasteiger partial charge in [0.1, 0.15) is 29.9 Å². The molecule has 2 aromatic carbocycles. The zero-order valence-corrected chi connectivity index (χ0v) is 17.5. The van der Waals surface area contributed by atoms with Crippen LogP contribution < -0.4 is 15.2 Å². The zero-order chi connectivity index (χ0) is 22.5. The number of nitrogen functional groups attached to an aromatic ring is 1. The molecule has 160 valence electrons. The summed E-state index contributed by atoms with van der Waals surface area (Å²) in [6.07, 6.45) is 1.28. The lowest BCUT2D eigenvalue weighted by atomic mass is 10.2. The highest BCUT2D eigenvalue weighted by molar-refractivity contribution is 5.92. The number of hydrogen-bond acceptors (Lipinski definition) is 7. The molecule has 0 aliphatic carbocycles. The van der Waals surface area contributed by atoms with Gasteiger partial charge in [-0.2, -0.15) is 5.10 Å². The van der Waals surface area contributed by atoms with Crippen molar-refractivity contribution in [3.8, 4) is 23.3 Å². The van der Waals surface area contributed by atoms with E-state index in [4.69, 9.17) is 19.9 Å². The van der Waals surface area contributed by atoms with E-state index < -0.39 is 5.97 Å². The quantitative estimate of drug-likeness (QED) is 0.385. The van der Waals surface area contributed by atoms with E-state index in [2.05, 4.69) is 21.9 Å². The van der Waals surface area contributed by atoms with Gasteiger partial charge in [-0.05, 0) is 23.8 Å². The van der Waals surface area contributed by atoms with Crippen molar-refractivity contribution in [2.45, 2.75) is 6.61 Å². The summed E-state index contributed by atoms with van der Waals surface area (Å²) in [5.41, 5.74) is 8.75. The van der Waals surface area contributed by atoms with Crippen LogP contribution in [0.2, 0.25) is 0 Å². The number of ether oxygens (including phenoxy) is 3. The van der Waals surface area contributed by atoms with E-state index >= 15 is 0 Å². The Morgan fingerprint density at radius 2 is 1.75 bits per heavy atom. The fourth-order valence-electron chi connectivity index (χ4n) is 3.12. The maximum absolute atomic E-state index is 12.8. The maximum Gasteiger partial charge on any atom is 0.357 e. The SMILES string of the molecule is COc1cc(C#Cc2cc(C(=O)OCc3ccccc3)n3ncnc(N)c23)cc(OC)c1. The number of anilines is 1. The first-order chi connectivity index (χ1) is 15.6. The molecule has 0 amide bonds. The lowest BCUT2D eigenvalue weighted by molar-refractivity contribution is 0.0463. The van der Waals surface area contributed by atoms with Gasteiger partial charge >= 0.3 is 5.97 Å². The van der Waals surface area contributed by atoms with Crippen LogP contribution in [-0.4, -0.2) is 34.8 Å². The maximum atomic E-state index is 12.8. The number of hydrogen-bond donors (Lipinski definition) is 1. The third kappa shape index (κ3) is 4.32. The lowest BCUT2D eigenvalue weighted by Crippen LogP contribution is -2.10. The number of esters is 1. The molecule has 2 aromatic heterocycles. The molecule has 0 aliphatic rings. The Bertz CT molecular complexity index is 1310. The molecule has 2 heterocycles. The van der Waals surface area contributed by atoms with Gasteiger partial charge in [-0.25, -0.2) is 14.3 Å². The minimum atomic E-state index is -0.543. The Hall–Kier alpha value is -4.51. The average molecular weight is 428 g/mol. The zero-order valence-electron chi connectivity index (χ0n) is 17.5. The molecule has 8 nitrogen and oxygen atoms in total. The van der Waals surface area contributed by atoms with E-state index in [0.29, 0.717) is 28.1 Å². The molecule has 0 saturated carbocycles. The van der Waals surface area contributed by atoms with Crippen LogP contribution in [0.3, 0.4) is 0 Å². The van der Waals surface area contributed by atoms with Gasteiger partial charge in [0.2, 0.25) is 0 Å². The van der Waals surface area contributed by atoms with Crippen LogP contribution in [-0.2, 0) is 11.3 Å². The van der Waals surface area contributed by atoms with E-state index in [1.165, 1.54) is 10.8 Å². The van der Waals surface area contributed by atoms with E-state index in [-0.39, 0.29) is 18.1 Å². The number of rotatable bonds is 5. The molecule has 0 unspecified atom stereocenters. The van der Waals surface area contributed by atoms with Gasteiger partial charge in [0, 0.05) is 11.6 Å². The summed E-state index contributed by atoms with van der Waals surface area (Å²) in [7, 11) is 3.14. The lowest BCUT2D eigenvalue weighted by Gasteiger charge is -2.05. The van der Waals surface area contributed by atoms with Gasteiger partial charge in [0.15, 0.2) is 11.5 Å². The summed E-state index contributed by atoms with van der Waals surface area (Å²) in [6, 6.07) is 16.3. The minimum Gasteiger partial charge on any atom is -0.497 e. The van der Waals surface area contributed by atoms with Gasteiger partial charge in [0.25, 0.3) is 0 Å². The van der Waals surface area contributed by atoms with E-state index in [1.807, 2.05) is 30.3 Å². The van der Waals surface area contributed by atoms with Crippen LogP contribution in [0.5, 0.6) is 11.5 Å². The Kier molecular flexibility index (Phi) is 5.90. The molecule has 0 atom stereocenters. The molecule has 32 heavy (non-hydrogen) atoms. The largest absolute Gasteiger partial charge is 0.497 e. The summed E-state index contributed by atoms with van der Waals surface area (Å²) in [5.74, 6) is 6.99. The molecule has 0 bridgehead atoms. The summed E-state index contributed by atoms with van der Waals surface area (Å²) >= 11 is 0. The minimum absolute atomic E-state index is 0.137. The number of fused-ring (bicyclic) bond motifs is 1. The van der Waals surface area contributed by atoms with Crippen LogP contribution in [0.1, 0.15) is 27.2 Å². The van der Waals surface area contributed by atoms with Crippen molar-refractivity contribution in [2.24, 2.45) is 0 Å². The van der Waals surface area contributed by atoms with Crippen LogP contribution in [0.15, 0.2) is 60.9 Å². The summed E-state index contributed by atoms with van der Waals surface area (Å²) in [5, 5.41) is 4.17. The Labute approximate surface area is 184 Å². The first-order valence-corrected chi connectivity index (χ1v) is 9.67. The van der Waals surface area contributed by atoms with E-state index in [9.17, 15) is 4.79 Å². The van der Waals surface area contributed by atoms with Gasteiger partial charge in [0.05, 0.1) is 19.8 Å². The number of benzene rings is 2. The summed E-state index contributed by atoms with van der Waals surface area (Å²) in [6.45, 7) is 0.137. The standard InChI is InChI=1S/C24H20N4O4/c1-30-19-10-17(11-20(13-19)31-2)8-9-18-12-21(28-22(18)23(25)26-15-27-28)24(29)32-14-16-6-4-3-5-7-16/h3-7,10-13,15H,14H2,1-2H3,(H2,25,26,27). The molecule has 2 N–H and O–H groups in total. The third-order valence-electron chi connectivity index (χ3n) is 4.70. The number of carbonyl (C=O) groups excluding carboxylic acids is 1. The molecule has 8 heteroatoms. The second-order valence-electron chi connectivity index (χ2n) is 6.76. The summed E-state index contributed by atoms with van der Waals surface area (Å²) < 4.78 is 17.4. The van der Waals surface area contributed by atoms with Gasteiger partial charge < -0.3 is 19.9 Å². The Morgan fingerprint density at radius 3 is 2.44 bits per heavy atom. The molecule has 0 saturated heterocycles. The molecule has 0 fully saturated rings. The van der Waals surface area contributed by atoms with E-state index in [1.54, 1.807) is 38.5 Å². The van der Waals surface area contributed by atoms with Gasteiger partial charge in [-0.3, -0.25) is 0 Å². The second kappa shape index (κ2) is 9.10. The average Bonchev–Trinajstić information content (AvgIpc) is 3.21.